The molecule has 3 N–H and O–H groups in total. The van der Waals surface area contributed by atoms with Gasteiger partial charge in [-0.3, -0.25) is 4.99 Å². The first-order valence-corrected chi connectivity index (χ1v) is 8.90. The quantitative estimate of drug-likeness (QED) is 0.212. The maximum atomic E-state index is 13.5. The van der Waals surface area contributed by atoms with E-state index >= 15 is 0 Å². The van der Waals surface area contributed by atoms with Crippen LogP contribution in [0.1, 0.15) is 12.5 Å². The van der Waals surface area contributed by atoms with Crippen molar-refractivity contribution in [2.45, 2.75) is 19.4 Å². The third kappa shape index (κ3) is 8.83. The summed E-state index contributed by atoms with van der Waals surface area (Å²) in [6.45, 7) is 3.39. The molecular weight excluding hydrogens is 479 g/mol. The molecule has 0 aliphatic heterocycles. The average molecular weight is 505 g/mol. The van der Waals surface area contributed by atoms with Gasteiger partial charge >= 0.3 is 0 Å². The van der Waals surface area contributed by atoms with Gasteiger partial charge in [-0.05, 0) is 24.6 Å². The molecule has 0 radical (unpaired) electrons. The first kappa shape index (κ1) is 24.1. The van der Waals surface area contributed by atoms with E-state index in [-0.39, 0.29) is 42.9 Å². The summed E-state index contributed by atoms with van der Waals surface area (Å²) in [6.07, 6.45) is -0.0659. The molecule has 2 aromatic carbocycles. The number of hydrogen-bond acceptors (Lipinski definition) is 3. The van der Waals surface area contributed by atoms with Crippen molar-refractivity contribution in [3.05, 3.63) is 65.7 Å². The van der Waals surface area contributed by atoms with Gasteiger partial charge < -0.3 is 20.5 Å². The van der Waals surface area contributed by atoms with Crippen molar-refractivity contribution in [2.24, 2.45) is 4.99 Å². The highest BCUT2D eigenvalue weighted by Gasteiger charge is 2.07. The SMILES string of the molecule is CCNC(=NCC(O)Cc1ccccc1)NCCOc1ccc(F)cc1F.I. The van der Waals surface area contributed by atoms with E-state index in [1.165, 1.54) is 6.07 Å². The van der Waals surface area contributed by atoms with E-state index in [0.717, 1.165) is 17.7 Å². The van der Waals surface area contributed by atoms with E-state index in [0.29, 0.717) is 25.5 Å². The summed E-state index contributed by atoms with van der Waals surface area (Å²) in [5.74, 6) is -0.848. The zero-order valence-electron chi connectivity index (χ0n) is 15.7. The minimum absolute atomic E-state index is 0. The summed E-state index contributed by atoms with van der Waals surface area (Å²) in [7, 11) is 0. The van der Waals surface area contributed by atoms with Crippen LogP contribution in [0.4, 0.5) is 8.78 Å². The van der Waals surface area contributed by atoms with Crippen LogP contribution in [0.2, 0.25) is 0 Å². The predicted octanol–water partition coefficient (Wildman–Crippen LogP) is 3.12. The summed E-state index contributed by atoms with van der Waals surface area (Å²) in [5.41, 5.74) is 1.05. The van der Waals surface area contributed by atoms with Crippen LogP contribution in [0.15, 0.2) is 53.5 Å². The summed E-state index contributed by atoms with van der Waals surface area (Å²) in [5, 5.41) is 16.2. The maximum Gasteiger partial charge on any atom is 0.191 e. The average Bonchev–Trinajstić information content (AvgIpc) is 2.65. The molecule has 0 saturated heterocycles. The van der Waals surface area contributed by atoms with E-state index in [4.69, 9.17) is 4.74 Å². The Bertz CT molecular complexity index is 733. The van der Waals surface area contributed by atoms with Crippen LogP contribution in [-0.2, 0) is 6.42 Å². The Labute approximate surface area is 181 Å². The molecular formula is C20H26F2IN3O2. The topological polar surface area (TPSA) is 65.9 Å². The predicted molar refractivity (Wildman–Crippen MR) is 117 cm³/mol. The monoisotopic (exact) mass is 505 g/mol. The molecule has 0 saturated carbocycles. The van der Waals surface area contributed by atoms with Crippen molar-refractivity contribution in [3.8, 4) is 5.75 Å². The van der Waals surface area contributed by atoms with Crippen LogP contribution < -0.4 is 15.4 Å². The number of nitrogens with one attached hydrogen (secondary N) is 2. The Morgan fingerprint density at radius 1 is 1.14 bits per heavy atom. The molecule has 0 bridgehead atoms. The molecule has 0 aliphatic carbocycles. The number of aliphatic imine (C=N–C) groups is 1. The summed E-state index contributed by atoms with van der Waals surface area (Å²) >= 11 is 0. The van der Waals surface area contributed by atoms with E-state index < -0.39 is 17.7 Å². The molecule has 2 aromatic rings. The number of benzene rings is 2. The van der Waals surface area contributed by atoms with Crippen molar-refractivity contribution in [1.82, 2.24) is 10.6 Å². The molecule has 0 aliphatic rings. The third-order valence-corrected chi connectivity index (χ3v) is 3.66. The number of nitrogens with zero attached hydrogens (tertiary/aromatic N) is 1. The number of aliphatic hydroxyl groups is 1. The van der Waals surface area contributed by atoms with E-state index in [1.54, 1.807) is 0 Å². The molecule has 28 heavy (non-hydrogen) atoms. The number of aliphatic hydroxyl groups excluding tert-OH is 1. The molecule has 0 heterocycles. The molecule has 0 amide bonds. The van der Waals surface area contributed by atoms with Crippen molar-refractivity contribution in [3.63, 3.8) is 0 Å². The third-order valence-electron chi connectivity index (χ3n) is 3.66. The minimum Gasteiger partial charge on any atom is -0.489 e. The smallest absolute Gasteiger partial charge is 0.191 e. The zero-order chi connectivity index (χ0) is 19.5. The standard InChI is InChI=1S/C20H25F2N3O2.HI/c1-2-23-20(25-14-17(26)12-15-6-4-3-5-7-15)24-10-11-27-19-9-8-16(21)13-18(19)22;/h3-9,13,17,26H,2,10-12,14H2,1H3,(H2,23,24,25);1H. The second kappa shape index (κ2) is 13.3. The molecule has 2 rings (SSSR count). The van der Waals surface area contributed by atoms with Crippen LogP contribution in [0.5, 0.6) is 5.75 Å². The Morgan fingerprint density at radius 3 is 2.57 bits per heavy atom. The van der Waals surface area contributed by atoms with Crippen molar-refractivity contribution in [2.75, 3.05) is 26.2 Å². The van der Waals surface area contributed by atoms with Crippen LogP contribution in [0.25, 0.3) is 0 Å². The van der Waals surface area contributed by atoms with Gasteiger partial charge in [0, 0.05) is 19.0 Å². The fraction of sp³-hybridized carbons (Fsp3) is 0.350. The molecule has 154 valence electrons. The van der Waals surface area contributed by atoms with E-state index in [1.807, 2.05) is 37.3 Å². The Morgan fingerprint density at radius 2 is 1.89 bits per heavy atom. The summed E-state index contributed by atoms with van der Waals surface area (Å²) < 4.78 is 31.6. The van der Waals surface area contributed by atoms with Gasteiger partial charge in [0.15, 0.2) is 17.5 Å². The van der Waals surface area contributed by atoms with Crippen LogP contribution in [-0.4, -0.2) is 43.4 Å². The minimum atomic E-state index is -0.736. The van der Waals surface area contributed by atoms with Crippen molar-refractivity contribution in [1.29, 1.82) is 0 Å². The molecule has 8 heteroatoms. The second-order valence-corrected chi connectivity index (χ2v) is 5.91. The van der Waals surface area contributed by atoms with Gasteiger partial charge in [-0.1, -0.05) is 30.3 Å². The van der Waals surface area contributed by atoms with Gasteiger partial charge in [0.2, 0.25) is 0 Å². The molecule has 1 atom stereocenters. The number of rotatable bonds is 9. The molecule has 0 spiro atoms. The highest BCUT2D eigenvalue weighted by molar-refractivity contribution is 14.0. The normalized spacial score (nSPS) is 12.1. The lowest BCUT2D eigenvalue weighted by Crippen LogP contribution is -2.40. The van der Waals surface area contributed by atoms with Crippen molar-refractivity contribution < 1.29 is 18.6 Å². The lowest BCUT2D eigenvalue weighted by molar-refractivity contribution is 0.183. The number of ether oxygens (including phenoxy) is 1. The maximum absolute atomic E-state index is 13.5. The number of hydrogen-bond donors (Lipinski definition) is 3. The first-order valence-electron chi connectivity index (χ1n) is 8.90. The fourth-order valence-corrected chi connectivity index (χ4v) is 2.41. The number of halogens is 3. The summed E-state index contributed by atoms with van der Waals surface area (Å²) in [6, 6.07) is 12.9. The molecule has 0 aromatic heterocycles. The van der Waals surface area contributed by atoms with E-state index in [2.05, 4.69) is 15.6 Å². The highest BCUT2D eigenvalue weighted by Crippen LogP contribution is 2.17. The lowest BCUT2D eigenvalue weighted by Gasteiger charge is -2.14. The van der Waals surface area contributed by atoms with Crippen LogP contribution >= 0.6 is 24.0 Å². The Balaban J connectivity index is 0.00000392. The van der Waals surface area contributed by atoms with Gasteiger partial charge in [0.1, 0.15) is 12.4 Å². The van der Waals surface area contributed by atoms with Gasteiger partial charge in [0.05, 0.1) is 19.2 Å². The number of guanidine groups is 1. The van der Waals surface area contributed by atoms with Crippen LogP contribution in [0, 0.1) is 11.6 Å². The Hall–Kier alpha value is -1.94. The lowest BCUT2D eigenvalue weighted by atomic mass is 10.1. The highest BCUT2D eigenvalue weighted by atomic mass is 127. The van der Waals surface area contributed by atoms with Gasteiger partial charge in [-0.2, -0.15) is 0 Å². The molecule has 5 nitrogen and oxygen atoms in total. The molecule has 0 fully saturated rings. The largest absolute Gasteiger partial charge is 0.489 e. The zero-order valence-corrected chi connectivity index (χ0v) is 18.0. The van der Waals surface area contributed by atoms with Gasteiger partial charge in [-0.25, -0.2) is 8.78 Å². The molecule has 1 unspecified atom stereocenters. The fourth-order valence-electron chi connectivity index (χ4n) is 2.41. The summed E-state index contributed by atoms with van der Waals surface area (Å²) in [4.78, 5) is 4.35. The van der Waals surface area contributed by atoms with Gasteiger partial charge in [0.25, 0.3) is 0 Å². The van der Waals surface area contributed by atoms with Gasteiger partial charge in [-0.15, -0.1) is 24.0 Å². The Kier molecular flexibility index (Phi) is 11.4. The second-order valence-electron chi connectivity index (χ2n) is 5.91. The van der Waals surface area contributed by atoms with Crippen molar-refractivity contribution >= 4 is 29.9 Å². The van der Waals surface area contributed by atoms with Crippen LogP contribution in [0.3, 0.4) is 0 Å². The van der Waals surface area contributed by atoms with E-state index in [9.17, 15) is 13.9 Å². The first-order chi connectivity index (χ1) is 13.1.